The van der Waals surface area contributed by atoms with Crippen molar-refractivity contribution in [1.82, 2.24) is 0 Å². The maximum absolute atomic E-state index is 11.6. The van der Waals surface area contributed by atoms with E-state index in [1.165, 1.54) is 0 Å². The quantitative estimate of drug-likeness (QED) is 0.117. The van der Waals surface area contributed by atoms with Gasteiger partial charge in [0.15, 0.2) is 5.71 Å². The molecule has 45 heavy (non-hydrogen) atoms. The molecule has 0 aliphatic carbocycles. The average molecular weight is 660 g/mol. The second-order valence-corrected chi connectivity index (χ2v) is 15.8. The molecular formula is C33H43N2O8S2+. The first kappa shape index (κ1) is 34.6. The molecule has 0 unspecified atom stereocenters. The van der Waals surface area contributed by atoms with Crippen LogP contribution in [0, 0.1) is 0 Å². The number of methoxy groups -OCH3 is 1. The van der Waals surface area contributed by atoms with Gasteiger partial charge in [0.2, 0.25) is 5.69 Å². The van der Waals surface area contributed by atoms with Crippen LogP contribution in [0.3, 0.4) is 0 Å². The molecule has 12 heteroatoms. The van der Waals surface area contributed by atoms with Crippen LogP contribution in [0.25, 0.3) is 0 Å². The molecule has 4 rings (SSSR count). The smallest absolute Gasteiger partial charge is 0.264 e. The third kappa shape index (κ3) is 7.74. The normalized spacial score (nSPS) is 18.1. The van der Waals surface area contributed by atoms with E-state index in [2.05, 4.69) is 43.2 Å². The number of anilines is 1. The van der Waals surface area contributed by atoms with Crippen LogP contribution in [-0.4, -0.2) is 74.2 Å². The van der Waals surface area contributed by atoms with Crippen LogP contribution < -0.4 is 9.64 Å². The lowest BCUT2D eigenvalue weighted by molar-refractivity contribution is -0.438. The van der Waals surface area contributed by atoms with Gasteiger partial charge < -0.3 is 9.64 Å². The monoisotopic (exact) mass is 659 g/mol. The van der Waals surface area contributed by atoms with Gasteiger partial charge >= 0.3 is 0 Å². The number of benzene rings is 2. The Labute approximate surface area is 266 Å². The molecule has 2 aliphatic rings. The van der Waals surface area contributed by atoms with Crippen LogP contribution in [0.4, 0.5) is 11.4 Å². The number of ether oxygens (including phenoxy) is 1. The van der Waals surface area contributed by atoms with Gasteiger partial charge in [-0.1, -0.05) is 19.9 Å². The maximum atomic E-state index is 11.6. The fourth-order valence-electron chi connectivity index (χ4n) is 6.37. The van der Waals surface area contributed by atoms with E-state index in [-0.39, 0.29) is 11.5 Å². The highest BCUT2D eigenvalue weighted by molar-refractivity contribution is 7.86. The minimum Gasteiger partial charge on any atom is -0.497 e. The summed E-state index contributed by atoms with van der Waals surface area (Å²) in [4.78, 5) is 13.7. The molecule has 2 aromatic rings. The minimum atomic E-state index is -4.05. The summed E-state index contributed by atoms with van der Waals surface area (Å²) >= 11 is 0. The zero-order valence-corrected chi connectivity index (χ0v) is 28.1. The molecule has 244 valence electrons. The van der Waals surface area contributed by atoms with Crippen molar-refractivity contribution in [2.45, 2.75) is 64.2 Å². The first-order valence-corrected chi connectivity index (χ1v) is 18.2. The van der Waals surface area contributed by atoms with Gasteiger partial charge in [0.25, 0.3) is 20.2 Å². The number of nitrogens with zero attached hydrogens (tertiary/aromatic N) is 2. The Morgan fingerprint density at radius 1 is 0.867 bits per heavy atom. The molecule has 0 saturated heterocycles. The number of rotatable bonds is 14. The van der Waals surface area contributed by atoms with E-state index in [9.17, 15) is 30.7 Å². The molecule has 2 aliphatic heterocycles. The molecule has 0 fully saturated rings. The first-order chi connectivity index (χ1) is 21.0. The largest absolute Gasteiger partial charge is 0.497 e. The van der Waals surface area contributed by atoms with Crippen molar-refractivity contribution in [3.63, 3.8) is 0 Å². The van der Waals surface area contributed by atoms with Crippen molar-refractivity contribution < 1.29 is 40.0 Å². The lowest BCUT2D eigenvalue weighted by Gasteiger charge is -2.27. The number of allylic oxidation sites excluding steroid dienone is 4. The average Bonchev–Trinajstić information content (AvgIpc) is 3.30. The second kappa shape index (κ2) is 13.2. The third-order valence-corrected chi connectivity index (χ3v) is 10.3. The van der Waals surface area contributed by atoms with Crippen molar-refractivity contribution in [3.8, 4) is 5.75 Å². The van der Waals surface area contributed by atoms with Gasteiger partial charge in [-0.25, -0.2) is 0 Å². The van der Waals surface area contributed by atoms with Crippen LogP contribution in [0.1, 0.15) is 74.9 Å². The molecule has 2 N–H and O–H groups in total. The first-order valence-electron chi connectivity index (χ1n) is 15.0. The Bertz CT molecular complexity index is 1770. The summed E-state index contributed by atoms with van der Waals surface area (Å²) < 4.78 is 71.3. The molecule has 0 aromatic heterocycles. The Balaban J connectivity index is 1.72. The third-order valence-electron chi connectivity index (χ3n) is 8.73. The summed E-state index contributed by atoms with van der Waals surface area (Å²) in [7, 11) is -6.46. The molecule has 0 atom stereocenters. The van der Waals surface area contributed by atoms with E-state index in [0.29, 0.717) is 44.3 Å². The van der Waals surface area contributed by atoms with Crippen LogP contribution in [0.2, 0.25) is 0 Å². The van der Waals surface area contributed by atoms with Crippen molar-refractivity contribution in [1.29, 1.82) is 0 Å². The SMILES string of the molecule is COc1ccc2c(c1)C(C)(C)C(C=CC=C1N(CCCCS(=O)(=O)O)c3ccc(C=O)cc3C1(C)C)=[N+]2CCCCS(=O)(=O)O. The van der Waals surface area contributed by atoms with E-state index in [1.54, 1.807) is 13.2 Å². The zero-order valence-electron chi connectivity index (χ0n) is 26.5. The van der Waals surface area contributed by atoms with Crippen molar-refractivity contribution in [2.75, 3.05) is 36.6 Å². The number of unbranched alkanes of at least 4 members (excludes halogenated alkanes) is 2. The fraction of sp³-hybridized carbons (Fsp3) is 0.455. The molecular weight excluding hydrogens is 617 g/mol. The topological polar surface area (TPSA) is 141 Å². The van der Waals surface area contributed by atoms with Crippen LogP contribution >= 0.6 is 0 Å². The molecule has 2 heterocycles. The Hall–Kier alpha value is -3.32. The summed E-state index contributed by atoms with van der Waals surface area (Å²) in [6.07, 6.45) is 8.65. The van der Waals surface area contributed by atoms with Gasteiger partial charge in [-0.05, 0) is 75.1 Å². The summed E-state index contributed by atoms with van der Waals surface area (Å²) in [6.45, 7) is 9.53. The van der Waals surface area contributed by atoms with Gasteiger partial charge in [0.05, 0.1) is 24.0 Å². The van der Waals surface area contributed by atoms with Crippen molar-refractivity contribution >= 4 is 43.6 Å². The van der Waals surface area contributed by atoms with Gasteiger partial charge in [0.1, 0.15) is 18.6 Å². The minimum absolute atomic E-state index is 0.293. The number of fused-ring (bicyclic) bond motifs is 2. The maximum Gasteiger partial charge on any atom is 0.264 e. The summed E-state index contributed by atoms with van der Waals surface area (Å²) in [5.74, 6) is 0.141. The van der Waals surface area contributed by atoms with Gasteiger partial charge in [-0.2, -0.15) is 21.4 Å². The summed E-state index contributed by atoms with van der Waals surface area (Å²) in [5, 5.41) is 0. The molecule has 0 amide bonds. The van der Waals surface area contributed by atoms with E-state index >= 15 is 0 Å². The number of carbonyl (C=O) groups excluding carboxylic acids is 1. The van der Waals surface area contributed by atoms with E-state index in [1.807, 2.05) is 42.5 Å². The summed E-state index contributed by atoms with van der Waals surface area (Å²) in [6, 6.07) is 11.5. The number of hydrogen-bond acceptors (Lipinski definition) is 7. The lowest BCUT2D eigenvalue weighted by atomic mass is 9.81. The predicted molar refractivity (Wildman–Crippen MR) is 177 cm³/mol. The predicted octanol–water partition coefficient (Wildman–Crippen LogP) is 5.46. The van der Waals surface area contributed by atoms with Crippen molar-refractivity contribution in [2.24, 2.45) is 0 Å². The number of hydrogen-bond donors (Lipinski definition) is 2. The van der Waals surface area contributed by atoms with Crippen LogP contribution in [-0.2, 0) is 31.1 Å². The zero-order chi connectivity index (χ0) is 33.2. The van der Waals surface area contributed by atoms with Crippen LogP contribution in [0.5, 0.6) is 5.75 Å². The van der Waals surface area contributed by atoms with E-state index in [0.717, 1.165) is 45.9 Å². The Morgan fingerprint density at radius 2 is 1.53 bits per heavy atom. The molecule has 0 bridgehead atoms. The van der Waals surface area contributed by atoms with Gasteiger partial charge in [-0.15, -0.1) is 0 Å². The number of aldehydes is 1. The highest BCUT2D eigenvalue weighted by Gasteiger charge is 2.45. The highest BCUT2D eigenvalue weighted by Crippen LogP contribution is 2.48. The van der Waals surface area contributed by atoms with E-state index < -0.39 is 31.1 Å². The standard InChI is InChI=1S/C33H42N2O8S2/c1-32(2)26-21-24(23-36)13-15-28(26)34(17-6-8-19-44(37,38)39)30(32)11-10-12-31-33(3,4)27-22-25(43-5)14-16-29(27)35(31)18-7-9-20-45(40,41)42/h10-16,21-23H,6-9,17-20H2,1-5H3,(H-,37,38,39,40,41,42)/p+1. The van der Waals surface area contributed by atoms with Gasteiger partial charge in [-0.3, -0.25) is 13.9 Å². The highest BCUT2D eigenvalue weighted by atomic mass is 32.2. The molecule has 0 saturated carbocycles. The molecule has 0 spiro atoms. The second-order valence-electron chi connectivity index (χ2n) is 12.6. The number of carbonyl (C=O) groups is 1. The Morgan fingerprint density at radius 3 is 2.16 bits per heavy atom. The molecule has 0 radical (unpaired) electrons. The molecule has 2 aromatic carbocycles. The van der Waals surface area contributed by atoms with E-state index in [4.69, 9.17) is 4.74 Å². The molecule has 10 nitrogen and oxygen atoms in total. The van der Waals surface area contributed by atoms with Crippen molar-refractivity contribution in [3.05, 3.63) is 77.0 Å². The summed E-state index contributed by atoms with van der Waals surface area (Å²) in [5.41, 5.74) is 5.76. The fourth-order valence-corrected chi connectivity index (χ4v) is 7.51. The van der Waals surface area contributed by atoms with Gasteiger partial charge in [0, 0.05) is 53.0 Å². The van der Waals surface area contributed by atoms with Crippen LogP contribution in [0.15, 0.2) is 60.3 Å². The lowest BCUT2D eigenvalue weighted by Crippen LogP contribution is -2.28. The Kier molecular flexibility index (Phi) is 10.1.